The molecule has 0 saturated heterocycles. The maximum Gasteiger partial charge on any atom is 0.392 e. The molecule has 20 heteroatoms. The molecule has 10 fully saturated rings. The van der Waals surface area contributed by atoms with Gasteiger partial charge in [-0.1, -0.05) is 65.3 Å². The van der Waals surface area contributed by atoms with Gasteiger partial charge in [0.15, 0.2) is 40.7 Å². The zero-order valence-electron chi connectivity index (χ0n) is 57.1. The summed E-state index contributed by atoms with van der Waals surface area (Å²) in [6, 6.07) is 18.0. The van der Waals surface area contributed by atoms with E-state index in [2.05, 4.69) is 27.7 Å². The smallest absolute Gasteiger partial charge is 0.247 e. The van der Waals surface area contributed by atoms with Gasteiger partial charge in [-0.05, 0) is 265 Å². The van der Waals surface area contributed by atoms with Crippen LogP contribution in [0, 0.1) is 218 Å². The van der Waals surface area contributed by atoms with Crippen molar-refractivity contribution in [2.75, 3.05) is 0 Å². The molecule has 0 amide bonds. The number of hydrogen-bond donors (Lipinski definition) is 0. The second-order valence-corrected chi connectivity index (χ2v) is 29.0. The highest BCUT2D eigenvalue weighted by atomic mass is 19.4. The van der Waals surface area contributed by atoms with Crippen LogP contribution in [-0.2, 0) is 0 Å². The molecule has 542 valence electrons. The fourth-order valence-electron chi connectivity index (χ4n) is 14.5. The lowest BCUT2D eigenvalue weighted by atomic mass is 10.0. The van der Waals surface area contributed by atoms with Crippen molar-refractivity contribution in [2.45, 2.75) is 171 Å². The van der Waals surface area contributed by atoms with Crippen molar-refractivity contribution in [3.05, 3.63) is 212 Å². The summed E-state index contributed by atoms with van der Waals surface area (Å²) in [6.45, 7) is 20.3. The molecule has 10 saturated carbocycles. The summed E-state index contributed by atoms with van der Waals surface area (Å²) in [4.78, 5) is 0. The van der Waals surface area contributed by atoms with E-state index in [1.54, 1.807) is 52.9 Å². The summed E-state index contributed by atoms with van der Waals surface area (Å²) < 4.78 is 245. The zero-order chi connectivity index (χ0) is 73.2. The molecule has 0 bridgehead atoms. The predicted molar refractivity (Wildman–Crippen MR) is 342 cm³/mol. The number of halogens is 20. The van der Waals surface area contributed by atoms with Crippen LogP contribution >= 0.6 is 0 Å². The number of benzene rings is 6. The minimum absolute atomic E-state index is 0.00926. The van der Waals surface area contributed by atoms with Crippen LogP contribution in [0.5, 0.6) is 0 Å². The molecule has 0 aromatic heterocycles. The third-order valence-electron chi connectivity index (χ3n) is 20.2. The van der Waals surface area contributed by atoms with Gasteiger partial charge in [0.25, 0.3) is 5.92 Å². The molecule has 0 N–H and O–H groups in total. The van der Waals surface area contributed by atoms with E-state index in [9.17, 15) is 87.8 Å². The first kappa shape index (κ1) is 80.9. The molecular formula is C78H90F20. The Balaban J connectivity index is 0.000000170. The average Bonchev–Trinajstić information content (AvgIpc) is 1.57. The normalized spacial score (nSPS) is 29.1. The molecular weight excluding hydrogens is 1320 g/mol. The van der Waals surface area contributed by atoms with Crippen LogP contribution in [-0.4, -0.2) is 18.3 Å². The van der Waals surface area contributed by atoms with Crippen molar-refractivity contribution >= 4 is 0 Å². The Morgan fingerprint density at radius 1 is 0.347 bits per heavy atom. The Labute approximate surface area is 563 Å². The molecule has 6 aromatic carbocycles. The topological polar surface area (TPSA) is 0 Å². The molecule has 0 radical (unpaired) electrons. The van der Waals surface area contributed by atoms with E-state index in [4.69, 9.17) is 0 Å². The van der Waals surface area contributed by atoms with Gasteiger partial charge in [-0.3, -0.25) is 0 Å². The quantitative estimate of drug-likeness (QED) is 0.105. The SMILES string of the molecule is CC1CC2C(C1)C2(F)F.CC1CC2C(C1)C2C(F)(F)F.CC1CC2C(F)C2C1.CC1CC2CC2C1.CC1CCC2CC12.Cc1c(F)cc(F)cc1F.Cc1cc(F)c(F)c(F)c1.Cc1cc(F)cc(F)c1.Cc1ccc(F)c(F)c1.Cc1ccc(F)cc1F.Cc1cccc(F)c1F. The first-order valence-corrected chi connectivity index (χ1v) is 33.6. The van der Waals surface area contributed by atoms with Crippen molar-refractivity contribution in [3.8, 4) is 0 Å². The molecule has 10 aliphatic rings. The summed E-state index contributed by atoms with van der Waals surface area (Å²) in [5, 5.41) is 0. The van der Waals surface area contributed by atoms with Crippen LogP contribution in [0.15, 0.2) is 97.1 Å². The van der Waals surface area contributed by atoms with Gasteiger partial charge in [-0.25, -0.2) is 74.6 Å². The number of aryl methyl sites for hydroxylation is 5. The molecule has 16 rings (SSSR count). The van der Waals surface area contributed by atoms with E-state index in [0.29, 0.717) is 58.1 Å². The Morgan fingerprint density at radius 3 is 1.16 bits per heavy atom. The number of alkyl halides is 6. The van der Waals surface area contributed by atoms with Gasteiger partial charge in [-0.15, -0.1) is 0 Å². The van der Waals surface area contributed by atoms with E-state index in [1.807, 2.05) is 6.92 Å². The lowest BCUT2D eigenvalue weighted by Crippen LogP contribution is -2.15. The molecule has 0 spiro atoms. The number of hydrogen-bond acceptors (Lipinski definition) is 0. The summed E-state index contributed by atoms with van der Waals surface area (Å²) in [5.41, 5.74) is 2.37. The van der Waals surface area contributed by atoms with E-state index < -0.39 is 106 Å². The standard InChI is InChI=1S/C8H11F3.2C7H5F3.C7H10F2.4C7H6F2.C7H11F.2C7H12/c1-4-2-5-6(3-4)7(5)8(9,10)11;1-4-6(9)2-5(8)3-7(4)10;1-4-2-5(8)7(10)6(9)3-4;1-4-2-5-6(3-4)7(5,8)9;1-5-2-6(8)4-7(9)3-5;1-5-2-3-6(8)4-7(5)9;1-5-2-3-6(8)7(9)4-5;1-5-3-2-4-6(8)7(5)9;1-4-2-5-6(3-4)7(5)8;1-5-2-6-4-7(6)3-5;1-5-2-3-6-4-7(5)6/h4-7H,2-3H2,1H3;2*2-3H,1H3;4-6H,2-3H2,1H3;4*2-4H,1H3;4-7H,2-3H2,1H3;2*5-7H,2-4H2,1H3. The van der Waals surface area contributed by atoms with Crippen LogP contribution in [0.3, 0.4) is 0 Å². The fourth-order valence-corrected chi connectivity index (χ4v) is 14.5. The predicted octanol–water partition coefficient (Wildman–Crippen LogP) is 25.2. The van der Waals surface area contributed by atoms with Crippen LogP contribution in [0.25, 0.3) is 0 Å². The highest BCUT2D eigenvalue weighted by Crippen LogP contribution is 2.66. The van der Waals surface area contributed by atoms with Crippen molar-refractivity contribution in [2.24, 2.45) is 94.7 Å². The monoisotopic (exact) mass is 1410 g/mol. The molecule has 0 aliphatic heterocycles. The Hall–Kier alpha value is -6.08. The summed E-state index contributed by atoms with van der Waals surface area (Å²) in [6.07, 6.45) is 10.4. The van der Waals surface area contributed by atoms with Gasteiger partial charge < -0.3 is 0 Å². The first-order chi connectivity index (χ1) is 45.7. The van der Waals surface area contributed by atoms with E-state index in [0.717, 1.165) is 104 Å². The van der Waals surface area contributed by atoms with Crippen LogP contribution in [0.4, 0.5) is 87.8 Å². The van der Waals surface area contributed by atoms with E-state index in [1.165, 1.54) is 93.3 Å². The summed E-state index contributed by atoms with van der Waals surface area (Å²) >= 11 is 0. The minimum Gasteiger partial charge on any atom is -0.247 e. The van der Waals surface area contributed by atoms with Gasteiger partial charge >= 0.3 is 6.18 Å². The van der Waals surface area contributed by atoms with Gasteiger partial charge in [0.2, 0.25) is 0 Å². The Morgan fingerprint density at radius 2 is 0.806 bits per heavy atom. The van der Waals surface area contributed by atoms with Crippen LogP contribution < -0.4 is 0 Å². The van der Waals surface area contributed by atoms with Crippen molar-refractivity contribution in [3.63, 3.8) is 0 Å². The molecule has 0 nitrogen and oxygen atoms in total. The second kappa shape index (κ2) is 35.0. The fraction of sp³-hybridized carbons (Fsp3) is 0.538. The average molecular weight is 1410 g/mol. The van der Waals surface area contributed by atoms with E-state index in [-0.39, 0.29) is 29.2 Å². The second-order valence-electron chi connectivity index (χ2n) is 29.0. The molecule has 6 aromatic rings. The van der Waals surface area contributed by atoms with Gasteiger partial charge in [0.05, 0.1) is 5.92 Å². The third kappa shape index (κ3) is 24.3. The molecule has 11 atom stereocenters. The molecule has 11 unspecified atom stereocenters. The van der Waals surface area contributed by atoms with Crippen molar-refractivity contribution in [1.82, 2.24) is 0 Å². The minimum atomic E-state index is -3.91. The van der Waals surface area contributed by atoms with Gasteiger partial charge in [0.1, 0.15) is 46.9 Å². The van der Waals surface area contributed by atoms with E-state index >= 15 is 0 Å². The van der Waals surface area contributed by atoms with Crippen molar-refractivity contribution in [1.29, 1.82) is 0 Å². The lowest BCUT2D eigenvalue weighted by Gasteiger charge is -2.10. The van der Waals surface area contributed by atoms with Gasteiger partial charge in [0, 0.05) is 41.7 Å². The molecule has 98 heavy (non-hydrogen) atoms. The largest absolute Gasteiger partial charge is 0.392 e. The highest BCUT2D eigenvalue weighted by Gasteiger charge is 2.70. The zero-order valence-corrected chi connectivity index (χ0v) is 57.1. The lowest BCUT2D eigenvalue weighted by molar-refractivity contribution is -0.156. The third-order valence-corrected chi connectivity index (χ3v) is 20.2. The molecule has 10 aliphatic carbocycles. The highest BCUT2D eigenvalue weighted by molar-refractivity contribution is 5.21. The number of fused-ring (bicyclic) bond motifs is 5. The van der Waals surface area contributed by atoms with Crippen LogP contribution in [0.1, 0.15) is 145 Å². The maximum atomic E-state index is 12.4. The number of rotatable bonds is 0. The summed E-state index contributed by atoms with van der Waals surface area (Å²) in [7, 11) is 0. The van der Waals surface area contributed by atoms with Crippen molar-refractivity contribution < 1.29 is 87.8 Å². The maximum absolute atomic E-state index is 12.4. The first-order valence-electron chi connectivity index (χ1n) is 33.6. The van der Waals surface area contributed by atoms with Crippen LogP contribution in [0.2, 0.25) is 0 Å². The van der Waals surface area contributed by atoms with Gasteiger partial charge in [-0.2, -0.15) is 13.2 Å². The summed E-state index contributed by atoms with van der Waals surface area (Å²) in [5.74, 6) is -5.32. The Kier molecular flexibility index (Phi) is 28.9. The molecule has 0 heterocycles. The Bertz CT molecular complexity index is 3280.